The molecule has 5 nitrogen and oxygen atoms in total. The fourth-order valence-electron chi connectivity index (χ4n) is 1.25. The highest BCUT2D eigenvalue weighted by Crippen LogP contribution is 2.21. The highest BCUT2D eigenvalue weighted by molar-refractivity contribution is 7.93. The van der Waals surface area contributed by atoms with Gasteiger partial charge in [0.25, 0.3) is 0 Å². The highest BCUT2D eigenvalue weighted by Gasteiger charge is 2.11. The van der Waals surface area contributed by atoms with Crippen LogP contribution in [0.5, 0.6) is 0 Å². The van der Waals surface area contributed by atoms with E-state index in [0.717, 1.165) is 5.56 Å². The normalized spacial score (nSPS) is 11.1. The molecule has 100 valence electrons. The van der Waals surface area contributed by atoms with Gasteiger partial charge in [-0.25, -0.2) is 8.42 Å². The third-order valence-electron chi connectivity index (χ3n) is 2.25. The summed E-state index contributed by atoms with van der Waals surface area (Å²) in [6.07, 6.45) is 0.358. The van der Waals surface area contributed by atoms with E-state index < -0.39 is 15.2 Å². The van der Waals surface area contributed by atoms with Crippen molar-refractivity contribution in [1.82, 2.24) is 0 Å². The number of hydrogen-bond donors (Lipinski definition) is 2. The summed E-state index contributed by atoms with van der Waals surface area (Å²) in [6, 6.07) is 4.99. The fourth-order valence-corrected chi connectivity index (χ4v) is 2.03. The lowest BCUT2D eigenvalue weighted by molar-refractivity contribution is -0.115. The Morgan fingerprint density at radius 1 is 1.39 bits per heavy atom. The third kappa shape index (κ3) is 4.19. The standard InChI is InChI=1S/C11H15ClN2O3S/c1-3-11(15)13-9-5-4-8(2)10(6-9)14-18(16,17)7-12/h4-6,14H,3,7H2,1-2H3,(H,13,15). The zero-order valence-electron chi connectivity index (χ0n) is 10.2. The number of anilines is 2. The van der Waals surface area contributed by atoms with E-state index in [1.807, 2.05) is 0 Å². The first-order chi connectivity index (χ1) is 8.38. The SMILES string of the molecule is CCC(=O)Nc1ccc(C)c(NS(=O)(=O)CCl)c1. The molecule has 0 saturated carbocycles. The zero-order valence-corrected chi connectivity index (χ0v) is 11.7. The highest BCUT2D eigenvalue weighted by atomic mass is 35.5. The lowest BCUT2D eigenvalue weighted by Crippen LogP contribution is -2.15. The van der Waals surface area contributed by atoms with Gasteiger partial charge < -0.3 is 5.32 Å². The van der Waals surface area contributed by atoms with Crippen LogP contribution < -0.4 is 10.0 Å². The number of benzene rings is 1. The van der Waals surface area contributed by atoms with E-state index in [4.69, 9.17) is 11.6 Å². The van der Waals surface area contributed by atoms with Crippen LogP contribution >= 0.6 is 11.6 Å². The van der Waals surface area contributed by atoms with Gasteiger partial charge in [0.15, 0.2) is 0 Å². The number of amides is 1. The molecule has 0 fully saturated rings. The Hall–Kier alpha value is -1.27. The lowest BCUT2D eigenvalue weighted by atomic mass is 10.2. The van der Waals surface area contributed by atoms with Crippen LogP contribution in [0.25, 0.3) is 0 Å². The first-order valence-electron chi connectivity index (χ1n) is 5.35. The summed E-state index contributed by atoms with van der Waals surface area (Å²) in [5, 5.41) is 2.14. The summed E-state index contributed by atoms with van der Waals surface area (Å²) in [6.45, 7) is 3.50. The third-order valence-corrected chi connectivity index (χ3v) is 3.93. The predicted molar refractivity (Wildman–Crippen MR) is 73.4 cm³/mol. The molecular formula is C11H15ClN2O3S. The smallest absolute Gasteiger partial charge is 0.246 e. The molecule has 0 aliphatic rings. The van der Waals surface area contributed by atoms with E-state index in [2.05, 4.69) is 10.0 Å². The molecule has 1 aromatic rings. The molecule has 1 rings (SSSR count). The monoisotopic (exact) mass is 290 g/mol. The number of halogens is 1. The van der Waals surface area contributed by atoms with Crippen molar-refractivity contribution in [3.8, 4) is 0 Å². The molecule has 1 amide bonds. The van der Waals surface area contributed by atoms with Gasteiger partial charge >= 0.3 is 0 Å². The van der Waals surface area contributed by atoms with E-state index in [-0.39, 0.29) is 5.91 Å². The van der Waals surface area contributed by atoms with Crippen molar-refractivity contribution in [2.75, 3.05) is 15.3 Å². The molecule has 0 heterocycles. The Kier molecular flexibility index (Phi) is 4.98. The molecule has 0 radical (unpaired) electrons. The van der Waals surface area contributed by atoms with Crippen LogP contribution in [0.2, 0.25) is 0 Å². The Balaban J connectivity index is 2.98. The van der Waals surface area contributed by atoms with Crippen molar-refractivity contribution in [2.24, 2.45) is 0 Å². The number of carbonyl (C=O) groups is 1. The van der Waals surface area contributed by atoms with Gasteiger partial charge in [0, 0.05) is 12.1 Å². The molecule has 7 heteroatoms. The van der Waals surface area contributed by atoms with Crippen LogP contribution in [-0.4, -0.2) is 19.5 Å². The molecule has 0 spiro atoms. The summed E-state index contributed by atoms with van der Waals surface area (Å²) >= 11 is 5.32. The van der Waals surface area contributed by atoms with Gasteiger partial charge in [-0.15, -0.1) is 11.6 Å². The number of carbonyl (C=O) groups excluding carboxylic acids is 1. The Labute approximate surface area is 112 Å². The van der Waals surface area contributed by atoms with E-state index in [9.17, 15) is 13.2 Å². The Morgan fingerprint density at radius 2 is 2.06 bits per heavy atom. The van der Waals surface area contributed by atoms with Crippen LogP contribution in [0.1, 0.15) is 18.9 Å². The van der Waals surface area contributed by atoms with Crippen molar-refractivity contribution < 1.29 is 13.2 Å². The maximum atomic E-state index is 11.4. The predicted octanol–water partition coefficient (Wildman–Crippen LogP) is 2.28. The van der Waals surface area contributed by atoms with Gasteiger partial charge in [0.05, 0.1) is 5.69 Å². The minimum absolute atomic E-state index is 0.134. The van der Waals surface area contributed by atoms with E-state index >= 15 is 0 Å². The number of hydrogen-bond acceptors (Lipinski definition) is 3. The summed E-state index contributed by atoms with van der Waals surface area (Å²) in [4.78, 5) is 11.2. The average Bonchev–Trinajstić information content (AvgIpc) is 2.33. The summed E-state index contributed by atoms with van der Waals surface area (Å²) in [7, 11) is -3.54. The summed E-state index contributed by atoms with van der Waals surface area (Å²) in [5.41, 5.74) is 1.70. The molecular weight excluding hydrogens is 276 g/mol. The molecule has 1 aromatic carbocycles. The van der Waals surface area contributed by atoms with Gasteiger partial charge in [0.1, 0.15) is 5.21 Å². The second-order valence-electron chi connectivity index (χ2n) is 3.76. The molecule has 0 unspecified atom stereocenters. The first-order valence-corrected chi connectivity index (χ1v) is 7.53. The van der Waals surface area contributed by atoms with E-state index in [1.165, 1.54) is 0 Å². The Morgan fingerprint density at radius 3 is 2.61 bits per heavy atom. The summed E-state index contributed by atoms with van der Waals surface area (Å²) < 4.78 is 25.1. The van der Waals surface area contributed by atoms with Crippen LogP contribution in [0.3, 0.4) is 0 Å². The molecule has 0 bridgehead atoms. The van der Waals surface area contributed by atoms with Gasteiger partial charge in [-0.05, 0) is 24.6 Å². The number of aryl methyl sites for hydroxylation is 1. The maximum absolute atomic E-state index is 11.4. The Bertz CT molecular complexity index is 543. The van der Waals surface area contributed by atoms with E-state index in [0.29, 0.717) is 17.8 Å². The average molecular weight is 291 g/mol. The number of sulfonamides is 1. The topological polar surface area (TPSA) is 75.3 Å². The van der Waals surface area contributed by atoms with Gasteiger partial charge in [-0.2, -0.15) is 0 Å². The van der Waals surface area contributed by atoms with Gasteiger partial charge in [-0.3, -0.25) is 9.52 Å². The first kappa shape index (κ1) is 14.8. The van der Waals surface area contributed by atoms with Gasteiger partial charge in [-0.1, -0.05) is 13.0 Å². The van der Waals surface area contributed by atoms with Crippen molar-refractivity contribution in [1.29, 1.82) is 0 Å². The van der Waals surface area contributed by atoms with Crippen molar-refractivity contribution >= 4 is 38.9 Å². The van der Waals surface area contributed by atoms with Crippen molar-refractivity contribution in [2.45, 2.75) is 20.3 Å². The maximum Gasteiger partial charge on any atom is 0.246 e. The number of alkyl halides is 1. The molecule has 0 aromatic heterocycles. The molecule has 0 aliphatic heterocycles. The minimum Gasteiger partial charge on any atom is -0.326 e. The molecule has 0 saturated heterocycles. The largest absolute Gasteiger partial charge is 0.326 e. The molecule has 0 aliphatic carbocycles. The van der Waals surface area contributed by atoms with Crippen LogP contribution in [-0.2, 0) is 14.8 Å². The second kappa shape index (κ2) is 6.06. The van der Waals surface area contributed by atoms with Crippen LogP contribution in [0.15, 0.2) is 18.2 Å². The molecule has 0 atom stereocenters. The number of nitrogens with one attached hydrogen (secondary N) is 2. The second-order valence-corrected chi connectivity index (χ2v) is 6.06. The summed E-state index contributed by atoms with van der Waals surface area (Å²) in [5.74, 6) is -0.134. The van der Waals surface area contributed by atoms with Crippen LogP contribution in [0.4, 0.5) is 11.4 Å². The quantitative estimate of drug-likeness (QED) is 0.817. The molecule has 2 N–H and O–H groups in total. The van der Waals surface area contributed by atoms with Crippen LogP contribution in [0, 0.1) is 6.92 Å². The number of rotatable bonds is 5. The van der Waals surface area contributed by atoms with Gasteiger partial charge in [0.2, 0.25) is 15.9 Å². The van der Waals surface area contributed by atoms with E-state index in [1.54, 1.807) is 32.0 Å². The van der Waals surface area contributed by atoms with Crippen molar-refractivity contribution in [3.05, 3.63) is 23.8 Å². The molecule has 18 heavy (non-hydrogen) atoms. The lowest BCUT2D eigenvalue weighted by Gasteiger charge is -2.11. The fraction of sp³-hybridized carbons (Fsp3) is 0.364. The minimum atomic E-state index is -3.54. The van der Waals surface area contributed by atoms with Crippen molar-refractivity contribution in [3.63, 3.8) is 0 Å². The zero-order chi connectivity index (χ0) is 13.8.